The van der Waals surface area contributed by atoms with Crippen LogP contribution in [-0.4, -0.2) is 74.1 Å². The number of piperazine rings is 2. The Kier molecular flexibility index (Phi) is 4.51. The molecule has 7 heteroatoms. The van der Waals surface area contributed by atoms with Crippen LogP contribution >= 0.6 is 0 Å². The van der Waals surface area contributed by atoms with Gasteiger partial charge in [-0.05, 0) is 7.05 Å². The van der Waals surface area contributed by atoms with Crippen LogP contribution in [0.25, 0.3) is 0 Å². The fourth-order valence-corrected chi connectivity index (χ4v) is 2.14. The second-order valence-electron chi connectivity index (χ2n) is 4.83. The lowest BCUT2D eigenvalue weighted by molar-refractivity contribution is -0.132. The second-order valence-corrected chi connectivity index (χ2v) is 4.83. The maximum absolute atomic E-state index is 11.8. The summed E-state index contributed by atoms with van der Waals surface area (Å²) >= 11 is 0. The smallest absolute Gasteiger partial charge is 0.237 e. The molecule has 1 atom stereocenters. The average Bonchev–Trinajstić information content (AvgIpc) is 2.35. The summed E-state index contributed by atoms with van der Waals surface area (Å²) in [6.45, 7) is 4.90. The summed E-state index contributed by atoms with van der Waals surface area (Å²) in [4.78, 5) is 25.5. The summed E-state index contributed by atoms with van der Waals surface area (Å²) in [5.74, 6) is -0.191. The number of nitrogens with zero attached hydrogens (tertiary/aromatic N) is 2. The third-order valence-electron chi connectivity index (χ3n) is 3.31. The lowest BCUT2D eigenvalue weighted by atomic mass is 10.1. The molecule has 2 rings (SSSR count). The van der Waals surface area contributed by atoms with Gasteiger partial charge in [-0.25, -0.2) is 5.01 Å². The van der Waals surface area contributed by atoms with E-state index in [4.69, 9.17) is 0 Å². The number of nitrogens with one attached hydrogen (secondary N) is 3. The number of carbonyl (C=O) groups is 2. The van der Waals surface area contributed by atoms with Gasteiger partial charge in [-0.3, -0.25) is 15.0 Å². The zero-order chi connectivity index (χ0) is 13.0. The number of rotatable bonds is 3. The van der Waals surface area contributed by atoms with Crippen LogP contribution in [0.3, 0.4) is 0 Å². The molecule has 0 aromatic carbocycles. The van der Waals surface area contributed by atoms with Crippen LogP contribution in [0.1, 0.15) is 6.42 Å². The molecule has 102 valence electrons. The number of hydrogen-bond donors (Lipinski definition) is 3. The molecule has 2 fully saturated rings. The van der Waals surface area contributed by atoms with Crippen molar-refractivity contribution in [2.75, 3.05) is 46.3 Å². The Morgan fingerprint density at radius 3 is 2.72 bits per heavy atom. The molecule has 0 spiro atoms. The van der Waals surface area contributed by atoms with Gasteiger partial charge in [0.05, 0.1) is 12.5 Å². The minimum absolute atomic E-state index is 0.0882. The molecule has 0 aliphatic carbocycles. The first kappa shape index (κ1) is 13.3. The highest BCUT2D eigenvalue weighted by molar-refractivity contribution is 5.88. The molecule has 2 aliphatic rings. The maximum Gasteiger partial charge on any atom is 0.237 e. The Balaban J connectivity index is 1.73. The molecule has 2 saturated heterocycles. The first-order chi connectivity index (χ1) is 8.65. The zero-order valence-electron chi connectivity index (χ0n) is 10.7. The largest absolute Gasteiger partial charge is 0.353 e. The molecule has 2 amide bonds. The molecule has 7 nitrogen and oxygen atoms in total. The van der Waals surface area contributed by atoms with Crippen molar-refractivity contribution in [2.24, 2.45) is 0 Å². The SMILES string of the molecule is CN1CCN(NC(=O)CC2NCCNC2=O)CC1. The van der Waals surface area contributed by atoms with Gasteiger partial charge in [-0.1, -0.05) is 0 Å². The van der Waals surface area contributed by atoms with E-state index in [1.165, 1.54) is 0 Å². The van der Waals surface area contributed by atoms with E-state index in [1.807, 2.05) is 5.01 Å². The summed E-state index contributed by atoms with van der Waals surface area (Å²) in [6, 6.07) is -0.397. The van der Waals surface area contributed by atoms with Crippen LogP contribution in [-0.2, 0) is 9.59 Å². The monoisotopic (exact) mass is 255 g/mol. The van der Waals surface area contributed by atoms with Crippen molar-refractivity contribution in [1.29, 1.82) is 0 Å². The van der Waals surface area contributed by atoms with Gasteiger partial charge in [0, 0.05) is 39.3 Å². The third kappa shape index (κ3) is 3.66. The summed E-state index contributed by atoms with van der Waals surface area (Å²) in [5, 5.41) is 7.71. The van der Waals surface area contributed by atoms with Gasteiger partial charge < -0.3 is 15.5 Å². The van der Waals surface area contributed by atoms with E-state index in [1.54, 1.807) is 0 Å². The van der Waals surface area contributed by atoms with E-state index in [0.717, 1.165) is 32.7 Å². The highest BCUT2D eigenvalue weighted by atomic mass is 16.2. The van der Waals surface area contributed by atoms with Gasteiger partial charge in [-0.2, -0.15) is 0 Å². The zero-order valence-corrected chi connectivity index (χ0v) is 10.7. The maximum atomic E-state index is 11.8. The lowest BCUT2D eigenvalue weighted by Crippen LogP contribution is -2.57. The minimum Gasteiger partial charge on any atom is -0.353 e. The molecule has 18 heavy (non-hydrogen) atoms. The molecule has 0 aromatic rings. The topological polar surface area (TPSA) is 76.7 Å². The number of carbonyl (C=O) groups excluding carboxylic acids is 2. The molecule has 0 aromatic heterocycles. The predicted octanol–water partition coefficient (Wildman–Crippen LogP) is -2.26. The van der Waals surface area contributed by atoms with E-state index in [-0.39, 0.29) is 18.2 Å². The van der Waals surface area contributed by atoms with Crippen LogP contribution in [0.15, 0.2) is 0 Å². The predicted molar refractivity (Wildman–Crippen MR) is 66.6 cm³/mol. The molecule has 0 saturated carbocycles. The van der Waals surface area contributed by atoms with E-state index < -0.39 is 6.04 Å². The summed E-state index contributed by atoms with van der Waals surface area (Å²) < 4.78 is 0. The van der Waals surface area contributed by atoms with Gasteiger partial charge in [0.2, 0.25) is 11.8 Å². The van der Waals surface area contributed by atoms with Crippen molar-refractivity contribution in [3.05, 3.63) is 0 Å². The van der Waals surface area contributed by atoms with Gasteiger partial charge in [-0.15, -0.1) is 0 Å². The quantitative estimate of drug-likeness (QED) is 0.531. The van der Waals surface area contributed by atoms with Crippen molar-refractivity contribution >= 4 is 11.8 Å². The summed E-state index contributed by atoms with van der Waals surface area (Å²) in [7, 11) is 2.06. The van der Waals surface area contributed by atoms with Gasteiger partial charge in [0.15, 0.2) is 0 Å². The van der Waals surface area contributed by atoms with Gasteiger partial charge in [0.1, 0.15) is 0 Å². The lowest BCUT2D eigenvalue weighted by Gasteiger charge is -2.33. The molecule has 0 radical (unpaired) electrons. The molecule has 2 heterocycles. The summed E-state index contributed by atoms with van der Waals surface area (Å²) in [5.41, 5.74) is 2.85. The molecular formula is C11H21N5O2. The van der Waals surface area contributed by atoms with Crippen LogP contribution < -0.4 is 16.1 Å². The highest BCUT2D eigenvalue weighted by Crippen LogP contribution is 1.99. The average molecular weight is 255 g/mol. The first-order valence-electron chi connectivity index (χ1n) is 6.39. The Labute approximate surface area is 107 Å². The van der Waals surface area contributed by atoms with Crippen molar-refractivity contribution in [2.45, 2.75) is 12.5 Å². The molecule has 1 unspecified atom stereocenters. The Morgan fingerprint density at radius 2 is 2.06 bits per heavy atom. The van der Waals surface area contributed by atoms with Crippen LogP contribution in [0, 0.1) is 0 Å². The fourth-order valence-electron chi connectivity index (χ4n) is 2.14. The van der Waals surface area contributed by atoms with E-state index >= 15 is 0 Å². The van der Waals surface area contributed by atoms with Crippen molar-refractivity contribution in [3.63, 3.8) is 0 Å². The standard InChI is InChI=1S/C11H21N5O2/c1-15-4-6-16(7-5-15)14-10(17)8-9-11(18)13-3-2-12-9/h9,12H,2-8H2,1H3,(H,13,18)(H,14,17). The molecule has 3 N–H and O–H groups in total. The number of likely N-dealkylation sites (N-methyl/N-ethyl adjacent to an activating group) is 1. The van der Waals surface area contributed by atoms with Crippen molar-refractivity contribution < 1.29 is 9.59 Å². The Bertz CT molecular complexity index is 315. The van der Waals surface area contributed by atoms with Crippen molar-refractivity contribution in [3.8, 4) is 0 Å². The van der Waals surface area contributed by atoms with Gasteiger partial charge >= 0.3 is 0 Å². The first-order valence-corrected chi connectivity index (χ1v) is 6.39. The van der Waals surface area contributed by atoms with Crippen molar-refractivity contribution in [1.82, 2.24) is 26.0 Å². The Morgan fingerprint density at radius 1 is 1.33 bits per heavy atom. The normalized spacial score (nSPS) is 26.7. The number of amides is 2. The fraction of sp³-hybridized carbons (Fsp3) is 0.818. The van der Waals surface area contributed by atoms with E-state index in [0.29, 0.717) is 6.54 Å². The molecule has 2 aliphatic heterocycles. The second kappa shape index (κ2) is 6.12. The van der Waals surface area contributed by atoms with Crippen LogP contribution in [0.2, 0.25) is 0 Å². The van der Waals surface area contributed by atoms with E-state index in [9.17, 15) is 9.59 Å². The van der Waals surface area contributed by atoms with Crippen LogP contribution in [0.4, 0.5) is 0 Å². The molecular weight excluding hydrogens is 234 g/mol. The van der Waals surface area contributed by atoms with E-state index in [2.05, 4.69) is 28.0 Å². The summed E-state index contributed by atoms with van der Waals surface area (Å²) in [6.07, 6.45) is 0.193. The minimum atomic E-state index is -0.397. The Hall–Kier alpha value is -1.18. The number of hydrazine groups is 1. The molecule has 0 bridgehead atoms. The number of hydrogen-bond acceptors (Lipinski definition) is 5. The van der Waals surface area contributed by atoms with Gasteiger partial charge in [0.25, 0.3) is 0 Å². The third-order valence-corrected chi connectivity index (χ3v) is 3.31. The highest BCUT2D eigenvalue weighted by Gasteiger charge is 2.25. The van der Waals surface area contributed by atoms with Crippen LogP contribution in [0.5, 0.6) is 0 Å².